The largest absolute Gasteiger partial charge is 0.479 e. The van der Waals surface area contributed by atoms with Crippen molar-refractivity contribution in [2.24, 2.45) is 0 Å². The highest BCUT2D eigenvalue weighted by molar-refractivity contribution is 6.31. The van der Waals surface area contributed by atoms with Crippen molar-refractivity contribution < 1.29 is 19.4 Å². The van der Waals surface area contributed by atoms with E-state index >= 15 is 0 Å². The summed E-state index contributed by atoms with van der Waals surface area (Å²) in [4.78, 5) is 23.1. The first-order valence-electron chi connectivity index (χ1n) is 6.52. The molecule has 1 amide bonds. The standard InChI is InChI=1S/C16H14ClNO4/c17-13-9-5-4-8-12(13)14(15(19)20)18-16(21)22-10-11-6-2-1-3-7-11/h1-9,14H,10H2,(H,18,21)(H,19,20). The van der Waals surface area contributed by atoms with Crippen molar-refractivity contribution in [1.29, 1.82) is 0 Å². The van der Waals surface area contributed by atoms with Crippen molar-refractivity contribution in [3.8, 4) is 0 Å². The SMILES string of the molecule is O=C(NC(C(=O)O)c1ccccc1Cl)OCc1ccccc1. The van der Waals surface area contributed by atoms with Gasteiger partial charge in [-0.25, -0.2) is 9.59 Å². The first-order valence-corrected chi connectivity index (χ1v) is 6.90. The summed E-state index contributed by atoms with van der Waals surface area (Å²) in [5.41, 5.74) is 1.11. The number of ether oxygens (including phenoxy) is 1. The van der Waals surface area contributed by atoms with Crippen molar-refractivity contribution in [2.75, 3.05) is 0 Å². The molecule has 2 rings (SSSR count). The molecule has 0 aliphatic heterocycles. The molecule has 0 aliphatic rings. The van der Waals surface area contributed by atoms with Crippen LogP contribution in [0, 0.1) is 0 Å². The third kappa shape index (κ3) is 4.23. The molecule has 6 heteroatoms. The topological polar surface area (TPSA) is 75.6 Å². The Balaban J connectivity index is 2.01. The Kier molecular flexibility index (Phi) is 5.38. The Labute approximate surface area is 132 Å². The average molecular weight is 320 g/mol. The van der Waals surface area contributed by atoms with Crippen molar-refractivity contribution in [3.63, 3.8) is 0 Å². The Hall–Kier alpha value is -2.53. The van der Waals surface area contributed by atoms with Gasteiger partial charge in [-0.3, -0.25) is 0 Å². The Morgan fingerprint density at radius 1 is 1.09 bits per heavy atom. The second kappa shape index (κ2) is 7.47. The van der Waals surface area contributed by atoms with Crippen LogP contribution < -0.4 is 5.32 Å². The molecule has 0 aliphatic carbocycles. The molecule has 22 heavy (non-hydrogen) atoms. The minimum absolute atomic E-state index is 0.0571. The smallest absolute Gasteiger partial charge is 0.408 e. The van der Waals surface area contributed by atoms with E-state index in [0.29, 0.717) is 5.56 Å². The molecule has 2 aromatic rings. The summed E-state index contributed by atoms with van der Waals surface area (Å²) in [5, 5.41) is 11.8. The lowest BCUT2D eigenvalue weighted by molar-refractivity contribution is -0.139. The van der Waals surface area contributed by atoms with Crippen LogP contribution in [-0.4, -0.2) is 17.2 Å². The fraction of sp³-hybridized carbons (Fsp3) is 0.125. The lowest BCUT2D eigenvalue weighted by atomic mass is 10.1. The highest BCUT2D eigenvalue weighted by Gasteiger charge is 2.24. The van der Waals surface area contributed by atoms with E-state index in [1.807, 2.05) is 18.2 Å². The number of aliphatic carboxylic acids is 1. The number of carboxylic acid groups (broad SMARTS) is 1. The molecule has 5 nitrogen and oxygen atoms in total. The zero-order valence-corrected chi connectivity index (χ0v) is 12.3. The number of carbonyl (C=O) groups excluding carboxylic acids is 1. The Bertz CT molecular complexity index is 660. The predicted molar refractivity (Wildman–Crippen MR) is 81.6 cm³/mol. The van der Waals surface area contributed by atoms with E-state index in [9.17, 15) is 14.7 Å². The summed E-state index contributed by atoms with van der Waals surface area (Å²) in [6, 6.07) is 14.3. The number of carboxylic acids is 1. The summed E-state index contributed by atoms with van der Waals surface area (Å²) in [7, 11) is 0. The minimum atomic E-state index is -1.27. The molecule has 1 atom stereocenters. The first kappa shape index (κ1) is 15.9. The highest BCUT2D eigenvalue weighted by Crippen LogP contribution is 2.23. The van der Waals surface area contributed by atoms with Gasteiger partial charge in [-0.15, -0.1) is 0 Å². The number of carbonyl (C=O) groups is 2. The van der Waals surface area contributed by atoms with Crippen LogP contribution in [0.3, 0.4) is 0 Å². The number of hydrogen-bond donors (Lipinski definition) is 2. The lowest BCUT2D eigenvalue weighted by Crippen LogP contribution is -2.34. The van der Waals surface area contributed by atoms with Crippen molar-refractivity contribution >= 4 is 23.7 Å². The number of halogens is 1. The molecule has 0 radical (unpaired) electrons. The van der Waals surface area contributed by atoms with Gasteiger partial charge in [0.1, 0.15) is 6.61 Å². The van der Waals surface area contributed by atoms with Crippen LogP contribution in [0.25, 0.3) is 0 Å². The fourth-order valence-electron chi connectivity index (χ4n) is 1.86. The molecule has 2 N–H and O–H groups in total. The van der Waals surface area contributed by atoms with Crippen molar-refractivity contribution in [1.82, 2.24) is 5.32 Å². The summed E-state index contributed by atoms with van der Waals surface area (Å²) in [6.07, 6.45) is -0.823. The van der Waals surface area contributed by atoms with Crippen LogP contribution in [0.15, 0.2) is 54.6 Å². The highest BCUT2D eigenvalue weighted by atomic mass is 35.5. The zero-order valence-electron chi connectivity index (χ0n) is 11.5. The number of hydrogen-bond acceptors (Lipinski definition) is 3. The van der Waals surface area contributed by atoms with E-state index in [1.165, 1.54) is 0 Å². The van der Waals surface area contributed by atoms with Gasteiger partial charge in [-0.1, -0.05) is 60.1 Å². The van der Waals surface area contributed by atoms with Crippen molar-refractivity contribution in [3.05, 3.63) is 70.7 Å². The maximum absolute atomic E-state index is 11.8. The van der Waals surface area contributed by atoms with Gasteiger partial charge >= 0.3 is 12.1 Å². The molecule has 0 aromatic heterocycles. The van der Waals surface area contributed by atoms with Crippen LogP contribution in [0.1, 0.15) is 17.2 Å². The van der Waals surface area contributed by atoms with Gasteiger partial charge in [-0.05, 0) is 11.6 Å². The molecule has 114 valence electrons. The molecule has 0 fully saturated rings. The molecule has 0 heterocycles. The molecule has 1 unspecified atom stereocenters. The molecule has 0 saturated heterocycles. The van der Waals surface area contributed by atoms with Crippen LogP contribution in [0.5, 0.6) is 0 Å². The number of rotatable bonds is 5. The minimum Gasteiger partial charge on any atom is -0.479 e. The Morgan fingerprint density at radius 2 is 1.73 bits per heavy atom. The molecule has 2 aromatic carbocycles. The van der Waals surface area contributed by atoms with Crippen LogP contribution in [-0.2, 0) is 16.1 Å². The van der Waals surface area contributed by atoms with E-state index in [0.717, 1.165) is 5.56 Å². The molecule has 0 spiro atoms. The van der Waals surface area contributed by atoms with E-state index in [-0.39, 0.29) is 11.6 Å². The monoisotopic (exact) mass is 319 g/mol. The van der Waals surface area contributed by atoms with E-state index in [4.69, 9.17) is 16.3 Å². The van der Waals surface area contributed by atoms with Crippen LogP contribution in [0.2, 0.25) is 5.02 Å². The van der Waals surface area contributed by atoms with E-state index in [2.05, 4.69) is 5.32 Å². The quantitative estimate of drug-likeness (QED) is 0.885. The first-order chi connectivity index (χ1) is 10.6. The zero-order chi connectivity index (χ0) is 15.9. The second-order valence-electron chi connectivity index (χ2n) is 4.50. The number of amides is 1. The summed E-state index contributed by atoms with van der Waals surface area (Å²) in [5.74, 6) is -1.22. The predicted octanol–water partition coefficient (Wildman–Crippen LogP) is 3.39. The lowest BCUT2D eigenvalue weighted by Gasteiger charge is -2.16. The second-order valence-corrected chi connectivity index (χ2v) is 4.91. The van der Waals surface area contributed by atoms with Gasteiger partial charge in [-0.2, -0.15) is 0 Å². The fourth-order valence-corrected chi connectivity index (χ4v) is 2.11. The summed E-state index contributed by atoms with van der Waals surface area (Å²) >= 11 is 5.96. The molecule has 0 saturated carbocycles. The van der Waals surface area contributed by atoms with Gasteiger partial charge in [0, 0.05) is 10.6 Å². The third-order valence-corrected chi connectivity index (χ3v) is 3.28. The van der Waals surface area contributed by atoms with E-state index < -0.39 is 18.1 Å². The van der Waals surface area contributed by atoms with Gasteiger partial charge < -0.3 is 15.2 Å². The maximum Gasteiger partial charge on any atom is 0.408 e. The van der Waals surface area contributed by atoms with Crippen LogP contribution >= 0.6 is 11.6 Å². The maximum atomic E-state index is 11.8. The summed E-state index contributed by atoms with van der Waals surface area (Å²) in [6.45, 7) is 0.0571. The third-order valence-electron chi connectivity index (χ3n) is 2.94. The number of nitrogens with one attached hydrogen (secondary N) is 1. The normalized spacial score (nSPS) is 11.5. The van der Waals surface area contributed by atoms with Gasteiger partial charge in [0.25, 0.3) is 0 Å². The van der Waals surface area contributed by atoms with Crippen LogP contribution in [0.4, 0.5) is 4.79 Å². The molecular formula is C16H14ClNO4. The number of alkyl carbamates (subject to hydrolysis) is 1. The van der Waals surface area contributed by atoms with Gasteiger partial charge in [0.2, 0.25) is 0 Å². The van der Waals surface area contributed by atoms with Crippen molar-refractivity contribution in [2.45, 2.75) is 12.6 Å². The van der Waals surface area contributed by atoms with Gasteiger partial charge in [0.15, 0.2) is 6.04 Å². The summed E-state index contributed by atoms with van der Waals surface area (Å²) < 4.78 is 5.01. The van der Waals surface area contributed by atoms with E-state index in [1.54, 1.807) is 36.4 Å². The average Bonchev–Trinajstić information content (AvgIpc) is 2.52. The van der Waals surface area contributed by atoms with Gasteiger partial charge in [0.05, 0.1) is 0 Å². The number of benzene rings is 2. The Morgan fingerprint density at radius 3 is 2.36 bits per heavy atom. The molecular weight excluding hydrogens is 306 g/mol. The molecule has 0 bridgehead atoms.